The molecule has 2 aromatic rings. The first-order chi connectivity index (χ1) is 9.49. The quantitative estimate of drug-likeness (QED) is 0.287. The highest BCUT2D eigenvalue weighted by Crippen LogP contribution is 2.17. The van der Waals surface area contributed by atoms with Crippen molar-refractivity contribution in [2.45, 2.75) is 17.8 Å². The summed E-state index contributed by atoms with van der Waals surface area (Å²) in [4.78, 5) is 34.4. The molecule has 2 aromatic heterocycles. The van der Waals surface area contributed by atoms with Crippen LogP contribution in [0.1, 0.15) is 11.5 Å². The number of nitrogens with zero attached hydrogens (tertiary/aromatic N) is 4. The van der Waals surface area contributed by atoms with E-state index in [2.05, 4.69) is 25.5 Å². The van der Waals surface area contributed by atoms with Gasteiger partial charge in [0.1, 0.15) is 11.6 Å². The van der Waals surface area contributed by atoms with Crippen LogP contribution >= 0.6 is 11.8 Å². The Kier molecular flexibility index (Phi) is 4.15. The minimum Gasteiger partial charge on any atom is -0.308 e. The summed E-state index contributed by atoms with van der Waals surface area (Å²) in [7, 11) is 1.60. The smallest absolute Gasteiger partial charge is 0.308 e. The first-order valence-corrected chi connectivity index (χ1v) is 6.59. The molecule has 106 valence electrons. The standard InChI is InChI=1S/C10H13N7O2S/c1-5-3-6(15-11)13-7(12-5)4-20-10-14-8(18)9(19)16-17(10)2/h3H,4,11H2,1-2H3,(H,16,19)(H,12,13,15). The van der Waals surface area contributed by atoms with Crippen molar-refractivity contribution in [3.8, 4) is 0 Å². The summed E-state index contributed by atoms with van der Waals surface area (Å²) < 4.78 is 1.38. The number of hydrazine groups is 1. The van der Waals surface area contributed by atoms with E-state index in [9.17, 15) is 9.59 Å². The summed E-state index contributed by atoms with van der Waals surface area (Å²) in [6.45, 7) is 1.82. The molecule has 0 fully saturated rings. The zero-order valence-corrected chi connectivity index (χ0v) is 11.7. The molecule has 10 heteroatoms. The Morgan fingerprint density at radius 2 is 2.15 bits per heavy atom. The molecule has 9 nitrogen and oxygen atoms in total. The van der Waals surface area contributed by atoms with E-state index in [1.54, 1.807) is 13.1 Å². The number of aromatic amines is 1. The minimum absolute atomic E-state index is 0.377. The third-order valence-electron chi connectivity index (χ3n) is 2.33. The van der Waals surface area contributed by atoms with Crippen molar-refractivity contribution in [3.63, 3.8) is 0 Å². The number of aryl methyl sites for hydroxylation is 2. The van der Waals surface area contributed by atoms with Gasteiger partial charge in [-0.15, -0.1) is 0 Å². The van der Waals surface area contributed by atoms with Gasteiger partial charge in [0, 0.05) is 18.8 Å². The number of aromatic nitrogens is 5. The van der Waals surface area contributed by atoms with Crippen LogP contribution in [0.3, 0.4) is 0 Å². The second-order valence-corrected chi connectivity index (χ2v) is 4.89. The molecular formula is C10H13N7O2S. The summed E-state index contributed by atoms with van der Waals surface area (Å²) in [5, 5.41) is 2.75. The Morgan fingerprint density at radius 3 is 2.85 bits per heavy atom. The topological polar surface area (TPSA) is 132 Å². The molecular weight excluding hydrogens is 282 g/mol. The molecule has 0 amide bonds. The van der Waals surface area contributed by atoms with Gasteiger partial charge in [0.15, 0.2) is 5.16 Å². The van der Waals surface area contributed by atoms with Crippen molar-refractivity contribution in [2.24, 2.45) is 12.9 Å². The minimum atomic E-state index is -0.819. The maximum atomic E-state index is 11.2. The lowest BCUT2D eigenvalue weighted by Gasteiger charge is -2.07. The lowest BCUT2D eigenvalue weighted by Crippen LogP contribution is -2.33. The number of rotatable bonds is 4. The van der Waals surface area contributed by atoms with Gasteiger partial charge < -0.3 is 5.43 Å². The molecule has 0 spiro atoms. The average Bonchev–Trinajstić information content (AvgIpc) is 2.40. The molecule has 0 atom stereocenters. The molecule has 20 heavy (non-hydrogen) atoms. The van der Waals surface area contributed by atoms with Crippen LogP contribution in [0.25, 0.3) is 0 Å². The predicted molar refractivity (Wildman–Crippen MR) is 74.2 cm³/mol. The first-order valence-electron chi connectivity index (χ1n) is 5.61. The molecule has 2 rings (SSSR count). The van der Waals surface area contributed by atoms with Gasteiger partial charge in [-0.05, 0) is 6.92 Å². The third kappa shape index (κ3) is 3.22. The van der Waals surface area contributed by atoms with Crippen molar-refractivity contribution in [2.75, 3.05) is 5.43 Å². The van der Waals surface area contributed by atoms with E-state index in [0.29, 0.717) is 22.6 Å². The van der Waals surface area contributed by atoms with Crippen molar-refractivity contribution >= 4 is 17.6 Å². The molecule has 4 N–H and O–H groups in total. The second-order valence-electron chi connectivity index (χ2n) is 3.94. The average molecular weight is 295 g/mol. The Labute approximate surface area is 117 Å². The van der Waals surface area contributed by atoms with Crippen LogP contribution in [0.5, 0.6) is 0 Å². The molecule has 0 aliphatic rings. The van der Waals surface area contributed by atoms with Gasteiger partial charge in [0.2, 0.25) is 0 Å². The van der Waals surface area contributed by atoms with Gasteiger partial charge in [-0.1, -0.05) is 11.8 Å². The molecule has 0 saturated carbocycles. The van der Waals surface area contributed by atoms with E-state index < -0.39 is 11.1 Å². The van der Waals surface area contributed by atoms with E-state index >= 15 is 0 Å². The SMILES string of the molecule is Cc1cc(NN)nc(CSc2nc(=O)c(=O)[nH]n2C)n1. The molecule has 0 saturated heterocycles. The fourth-order valence-electron chi connectivity index (χ4n) is 1.49. The fourth-order valence-corrected chi connectivity index (χ4v) is 2.26. The Hall–Kier alpha value is -2.20. The van der Waals surface area contributed by atoms with Crippen LogP contribution in [-0.4, -0.2) is 24.7 Å². The molecule has 0 aliphatic carbocycles. The van der Waals surface area contributed by atoms with Crippen LogP contribution in [0.2, 0.25) is 0 Å². The van der Waals surface area contributed by atoms with Crippen molar-refractivity contribution in [3.05, 3.63) is 38.3 Å². The summed E-state index contributed by atoms with van der Waals surface area (Å²) in [5.41, 5.74) is 1.65. The first kappa shape index (κ1) is 14.2. The van der Waals surface area contributed by atoms with E-state index in [4.69, 9.17) is 5.84 Å². The van der Waals surface area contributed by atoms with E-state index in [1.165, 1.54) is 16.4 Å². The van der Waals surface area contributed by atoms with Gasteiger partial charge in [0.05, 0.1) is 5.75 Å². The van der Waals surface area contributed by atoms with Crippen LogP contribution in [0, 0.1) is 6.92 Å². The summed E-state index contributed by atoms with van der Waals surface area (Å²) >= 11 is 1.24. The monoisotopic (exact) mass is 295 g/mol. The number of hydrogen-bond donors (Lipinski definition) is 3. The number of nitrogens with one attached hydrogen (secondary N) is 2. The number of nitrogens with two attached hydrogens (primary N) is 1. The number of anilines is 1. The highest BCUT2D eigenvalue weighted by atomic mass is 32.2. The lowest BCUT2D eigenvalue weighted by molar-refractivity contribution is 0.596. The molecule has 0 bridgehead atoms. The van der Waals surface area contributed by atoms with Crippen molar-refractivity contribution in [1.82, 2.24) is 24.7 Å². The molecule has 0 aromatic carbocycles. The Morgan fingerprint density at radius 1 is 1.40 bits per heavy atom. The Balaban J connectivity index is 2.21. The number of hydrogen-bond acceptors (Lipinski definition) is 8. The van der Waals surface area contributed by atoms with Gasteiger partial charge in [-0.2, -0.15) is 4.98 Å². The second kappa shape index (κ2) is 5.84. The highest BCUT2D eigenvalue weighted by molar-refractivity contribution is 7.98. The maximum Gasteiger partial charge on any atom is 0.339 e. The zero-order valence-electron chi connectivity index (χ0n) is 10.9. The molecule has 0 aliphatic heterocycles. The van der Waals surface area contributed by atoms with Crippen LogP contribution in [0.15, 0.2) is 20.8 Å². The largest absolute Gasteiger partial charge is 0.339 e. The van der Waals surface area contributed by atoms with Gasteiger partial charge in [0.25, 0.3) is 0 Å². The van der Waals surface area contributed by atoms with E-state index in [-0.39, 0.29) is 0 Å². The molecule has 2 heterocycles. The maximum absolute atomic E-state index is 11.2. The number of nitrogen functional groups attached to an aromatic ring is 1. The number of thioether (sulfide) groups is 1. The van der Waals surface area contributed by atoms with Crippen LogP contribution in [-0.2, 0) is 12.8 Å². The van der Waals surface area contributed by atoms with Crippen LogP contribution < -0.4 is 22.4 Å². The zero-order chi connectivity index (χ0) is 14.7. The number of H-pyrrole nitrogens is 1. The van der Waals surface area contributed by atoms with E-state index in [1.807, 2.05) is 6.92 Å². The Bertz CT molecular complexity index is 739. The van der Waals surface area contributed by atoms with E-state index in [0.717, 1.165) is 5.69 Å². The molecule has 0 radical (unpaired) electrons. The van der Waals surface area contributed by atoms with Crippen molar-refractivity contribution < 1.29 is 0 Å². The normalized spacial score (nSPS) is 10.6. The summed E-state index contributed by atoms with van der Waals surface area (Å²) in [6.07, 6.45) is 0. The summed E-state index contributed by atoms with van der Waals surface area (Å²) in [5.74, 6) is 6.76. The van der Waals surface area contributed by atoms with Crippen molar-refractivity contribution in [1.29, 1.82) is 0 Å². The molecule has 0 unspecified atom stereocenters. The van der Waals surface area contributed by atoms with Gasteiger partial charge >= 0.3 is 11.1 Å². The summed E-state index contributed by atoms with van der Waals surface area (Å²) in [6, 6.07) is 1.71. The van der Waals surface area contributed by atoms with Gasteiger partial charge in [-0.3, -0.25) is 19.4 Å². The van der Waals surface area contributed by atoms with Crippen LogP contribution in [0.4, 0.5) is 5.82 Å². The fraction of sp³-hybridized carbons (Fsp3) is 0.300. The third-order valence-corrected chi connectivity index (χ3v) is 3.35. The predicted octanol–water partition coefficient (Wildman–Crippen LogP) is -0.855. The highest BCUT2D eigenvalue weighted by Gasteiger charge is 2.07. The van der Waals surface area contributed by atoms with Gasteiger partial charge in [-0.25, -0.2) is 15.8 Å². The lowest BCUT2D eigenvalue weighted by atomic mass is 10.4.